The van der Waals surface area contributed by atoms with Gasteiger partial charge in [0.25, 0.3) is 0 Å². The number of nitrogens with zero attached hydrogens (tertiary/aromatic N) is 1. The summed E-state index contributed by atoms with van der Waals surface area (Å²) in [6, 6.07) is 0.116. The first-order valence-electron chi connectivity index (χ1n) is 4.48. The highest BCUT2D eigenvalue weighted by atomic mass is 32.2. The second-order valence-electron chi connectivity index (χ2n) is 3.48. The minimum absolute atomic E-state index is 0.116. The van der Waals surface area contributed by atoms with Crippen LogP contribution in [-0.4, -0.2) is 52.9 Å². The van der Waals surface area contributed by atoms with Gasteiger partial charge in [-0.25, -0.2) is 0 Å². The third kappa shape index (κ3) is 3.33. The van der Waals surface area contributed by atoms with Gasteiger partial charge in [0.1, 0.15) is 0 Å². The van der Waals surface area contributed by atoms with E-state index in [9.17, 15) is 13.2 Å². The minimum atomic E-state index is -4.50. The summed E-state index contributed by atoms with van der Waals surface area (Å²) in [4.78, 5) is 1.69. The monoisotopic (exact) mass is 229 g/mol. The lowest BCUT2D eigenvalue weighted by molar-refractivity contribution is -0.209. The van der Waals surface area contributed by atoms with Gasteiger partial charge in [-0.2, -0.15) is 24.9 Å². The van der Waals surface area contributed by atoms with Gasteiger partial charge in [0, 0.05) is 30.6 Å². The fourth-order valence-electron chi connectivity index (χ4n) is 1.36. The van der Waals surface area contributed by atoms with Crippen LogP contribution in [0, 0.1) is 0 Å². The van der Waals surface area contributed by atoms with Gasteiger partial charge in [0.2, 0.25) is 0 Å². The molecule has 84 valence electrons. The molecule has 14 heavy (non-hydrogen) atoms. The Labute approximate surface area is 85.5 Å². The fraction of sp³-hybridized carbons (Fsp3) is 1.00. The summed E-state index contributed by atoms with van der Waals surface area (Å²) in [6.45, 7) is 2.21. The van der Waals surface area contributed by atoms with Crippen LogP contribution >= 0.6 is 11.8 Å². The Morgan fingerprint density at radius 2 is 2.21 bits per heavy atom. The molecule has 2 atom stereocenters. The summed E-state index contributed by atoms with van der Waals surface area (Å²) in [5, 5.41) is 8.88. The molecular weight excluding hydrogens is 215 g/mol. The van der Waals surface area contributed by atoms with E-state index in [2.05, 4.69) is 0 Å². The molecule has 0 aromatic rings. The molecule has 0 unspecified atom stereocenters. The van der Waals surface area contributed by atoms with E-state index in [-0.39, 0.29) is 12.6 Å². The van der Waals surface area contributed by atoms with Gasteiger partial charge in [-0.15, -0.1) is 0 Å². The molecule has 1 aliphatic rings. The number of β-amino-alcohol motifs (C(OH)–C–C–N with tert-alkyl or cyclic N) is 1. The van der Waals surface area contributed by atoms with Gasteiger partial charge in [-0.1, -0.05) is 0 Å². The van der Waals surface area contributed by atoms with Gasteiger partial charge in [-0.05, 0) is 6.92 Å². The van der Waals surface area contributed by atoms with Crippen LogP contribution in [0.3, 0.4) is 0 Å². The fourth-order valence-corrected chi connectivity index (χ4v) is 2.44. The number of rotatable bonds is 2. The van der Waals surface area contributed by atoms with Crippen molar-refractivity contribution in [3.8, 4) is 0 Å². The highest BCUT2D eigenvalue weighted by Crippen LogP contribution is 2.23. The molecule has 0 saturated carbocycles. The van der Waals surface area contributed by atoms with Crippen LogP contribution in [0.15, 0.2) is 0 Å². The van der Waals surface area contributed by atoms with Crippen molar-refractivity contribution in [2.75, 3.05) is 24.6 Å². The summed E-state index contributed by atoms with van der Waals surface area (Å²) >= 11 is 1.74. The third-order valence-corrected chi connectivity index (χ3v) is 3.48. The quantitative estimate of drug-likeness (QED) is 0.773. The zero-order valence-corrected chi connectivity index (χ0v) is 8.74. The van der Waals surface area contributed by atoms with Crippen molar-refractivity contribution < 1.29 is 18.3 Å². The van der Waals surface area contributed by atoms with Gasteiger partial charge in [-0.3, -0.25) is 4.90 Å². The summed E-state index contributed by atoms with van der Waals surface area (Å²) < 4.78 is 36.1. The lowest BCUT2D eigenvalue weighted by Crippen LogP contribution is -2.48. The molecule has 1 heterocycles. The maximum absolute atomic E-state index is 12.0. The Morgan fingerprint density at radius 3 is 2.71 bits per heavy atom. The predicted molar refractivity (Wildman–Crippen MR) is 50.4 cm³/mol. The molecule has 0 radical (unpaired) electrons. The number of aliphatic hydroxyl groups excluding tert-OH is 1. The standard InChI is InChI=1S/C8H14F3NOS/c1-6-5-14-3-2-12(6)4-7(13)8(9,10)11/h6-7,13H,2-5H2,1H3/t6-,7-/m1/s1. The summed E-state index contributed by atoms with van der Waals surface area (Å²) in [6.07, 6.45) is -6.71. The zero-order chi connectivity index (χ0) is 10.8. The molecule has 0 spiro atoms. The Morgan fingerprint density at radius 1 is 1.57 bits per heavy atom. The molecule has 0 aromatic carbocycles. The van der Waals surface area contributed by atoms with Crippen molar-refractivity contribution >= 4 is 11.8 Å². The van der Waals surface area contributed by atoms with Gasteiger partial charge in [0.05, 0.1) is 0 Å². The smallest absolute Gasteiger partial charge is 0.382 e. The number of thioether (sulfide) groups is 1. The molecular formula is C8H14F3NOS. The highest BCUT2D eigenvalue weighted by molar-refractivity contribution is 7.99. The first kappa shape index (κ1) is 12.1. The summed E-state index contributed by atoms with van der Waals surface area (Å²) in [5.41, 5.74) is 0. The normalized spacial score (nSPS) is 27.6. The van der Waals surface area contributed by atoms with Crippen molar-refractivity contribution in [3.05, 3.63) is 0 Å². The minimum Gasteiger partial charge on any atom is -0.382 e. The van der Waals surface area contributed by atoms with Gasteiger partial charge < -0.3 is 5.11 Å². The second-order valence-corrected chi connectivity index (χ2v) is 4.63. The Hall–Kier alpha value is 0.0600. The molecule has 1 N–H and O–H groups in total. The van der Waals surface area contributed by atoms with Gasteiger partial charge in [0.15, 0.2) is 6.10 Å². The van der Waals surface area contributed by atoms with E-state index in [0.29, 0.717) is 6.54 Å². The first-order valence-corrected chi connectivity index (χ1v) is 5.63. The molecule has 0 amide bonds. The van der Waals surface area contributed by atoms with Crippen LogP contribution in [0.1, 0.15) is 6.92 Å². The zero-order valence-electron chi connectivity index (χ0n) is 7.92. The van der Waals surface area contributed by atoms with Crippen LogP contribution < -0.4 is 0 Å². The number of alkyl halides is 3. The molecule has 0 aromatic heterocycles. The molecule has 0 aliphatic carbocycles. The topological polar surface area (TPSA) is 23.5 Å². The molecule has 0 bridgehead atoms. The van der Waals surface area contributed by atoms with Crippen molar-refractivity contribution in [2.45, 2.75) is 25.2 Å². The highest BCUT2D eigenvalue weighted by Gasteiger charge is 2.39. The average Bonchev–Trinajstić information content (AvgIpc) is 2.07. The van der Waals surface area contributed by atoms with Gasteiger partial charge >= 0.3 is 6.18 Å². The Kier molecular flexibility index (Phi) is 4.09. The predicted octanol–water partition coefficient (Wildman–Crippen LogP) is 1.35. The second kappa shape index (κ2) is 4.72. The molecule has 1 rings (SSSR count). The van der Waals surface area contributed by atoms with Crippen molar-refractivity contribution in [1.82, 2.24) is 4.90 Å². The number of aliphatic hydroxyl groups is 1. The molecule has 6 heteroatoms. The van der Waals surface area contributed by atoms with E-state index in [1.165, 1.54) is 0 Å². The molecule has 1 aliphatic heterocycles. The summed E-state index contributed by atoms with van der Waals surface area (Å²) in [5.74, 6) is 1.68. The van der Waals surface area contributed by atoms with E-state index in [0.717, 1.165) is 11.5 Å². The van der Waals surface area contributed by atoms with E-state index in [4.69, 9.17) is 5.11 Å². The van der Waals surface area contributed by atoms with Crippen molar-refractivity contribution in [3.63, 3.8) is 0 Å². The van der Waals surface area contributed by atoms with Crippen molar-refractivity contribution in [1.29, 1.82) is 0 Å². The third-order valence-electron chi connectivity index (χ3n) is 2.29. The maximum Gasteiger partial charge on any atom is 0.415 e. The van der Waals surface area contributed by atoms with Crippen LogP contribution in [0.4, 0.5) is 13.2 Å². The number of hydrogen-bond donors (Lipinski definition) is 1. The maximum atomic E-state index is 12.0. The van der Waals surface area contributed by atoms with E-state index in [1.54, 1.807) is 16.7 Å². The lowest BCUT2D eigenvalue weighted by Gasteiger charge is -2.34. The molecule has 2 nitrogen and oxygen atoms in total. The van der Waals surface area contributed by atoms with Crippen LogP contribution in [0.5, 0.6) is 0 Å². The van der Waals surface area contributed by atoms with Crippen molar-refractivity contribution in [2.24, 2.45) is 0 Å². The van der Waals surface area contributed by atoms with E-state index >= 15 is 0 Å². The van der Waals surface area contributed by atoms with Crippen LogP contribution in [0.2, 0.25) is 0 Å². The average molecular weight is 229 g/mol. The Bertz CT molecular complexity index is 188. The van der Waals surface area contributed by atoms with Crippen LogP contribution in [-0.2, 0) is 0 Å². The molecule has 1 saturated heterocycles. The molecule has 1 fully saturated rings. The summed E-state index contributed by atoms with van der Waals surface area (Å²) in [7, 11) is 0. The van der Waals surface area contributed by atoms with E-state index in [1.807, 2.05) is 6.92 Å². The number of halogens is 3. The lowest BCUT2D eigenvalue weighted by atomic mass is 10.2. The first-order chi connectivity index (χ1) is 6.41. The SMILES string of the molecule is C[C@@H]1CSCCN1C[C@@H](O)C(F)(F)F. The Balaban J connectivity index is 2.42. The largest absolute Gasteiger partial charge is 0.415 e. The number of hydrogen-bond acceptors (Lipinski definition) is 3. The van der Waals surface area contributed by atoms with E-state index < -0.39 is 12.3 Å². The van der Waals surface area contributed by atoms with Crippen LogP contribution in [0.25, 0.3) is 0 Å².